The van der Waals surface area contributed by atoms with Crippen molar-refractivity contribution in [3.05, 3.63) is 35.4 Å². The highest BCUT2D eigenvalue weighted by Gasteiger charge is 2.32. The lowest BCUT2D eigenvalue weighted by Gasteiger charge is -2.38. The van der Waals surface area contributed by atoms with E-state index in [1.165, 1.54) is 6.07 Å². The molecule has 1 aliphatic carbocycles. The molecule has 0 unspecified atom stereocenters. The maximum Gasteiger partial charge on any atom is 0.224 e. The quantitative estimate of drug-likeness (QED) is 0.855. The van der Waals surface area contributed by atoms with Crippen LogP contribution in [0.3, 0.4) is 0 Å². The summed E-state index contributed by atoms with van der Waals surface area (Å²) in [7, 11) is 0. The molecular formula is C13H16F2N2O. The summed E-state index contributed by atoms with van der Waals surface area (Å²) >= 11 is 0. The van der Waals surface area contributed by atoms with Gasteiger partial charge in [-0.15, -0.1) is 0 Å². The van der Waals surface area contributed by atoms with Gasteiger partial charge in [-0.1, -0.05) is 6.07 Å². The molecule has 5 heteroatoms. The topological polar surface area (TPSA) is 55.1 Å². The van der Waals surface area contributed by atoms with E-state index in [1.807, 2.05) is 0 Å². The lowest BCUT2D eigenvalue weighted by molar-refractivity contribution is -0.120. The summed E-state index contributed by atoms with van der Waals surface area (Å²) in [6.45, 7) is 0.411. The van der Waals surface area contributed by atoms with E-state index in [2.05, 4.69) is 5.32 Å². The van der Waals surface area contributed by atoms with Crippen LogP contribution in [0.15, 0.2) is 18.2 Å². The van der Waals surface area contributed by atoms with Crippen LogP contribution in [0.5, 0.6) is 0 Å². The molecule has 1 aromatic carbocycles. The predicted octanol–water partition coefficient (Wildman–Crippen LogP) is 1.50. The lowest BCUT2D eigenvalue weighted by Crippen LogP contribution is -2.55. The number of halogens is 2. The molecule has 0 aromatic heterocycles. The monoisotopic (exact) mass is 254 g/mol. The van der Waals surface area contributed by atoms with Gasteiger partial charge < -0.3 is 11.1 Å². The van der Waals surface area contributed by atoms with Crippen molar-refractivity contribution in [1.29, 1.82) is 0 Å². The highest BCUT2D eigenvalue weighted by atomic mass is 19.1. The van der Waals surface area contributed by atoms with Crippen LogP contribution < -0.4 is 11.1 Å². The number of rotatable bonds is 4. The second-order valence-electron chi connectivity index (χ2n) is 4.91. The normalized spacial score (nSPS) is 17.1. The fraction of sp³-hybridized carbons (Fsp3) is 0.462. The van der Waals surface area contributed by atoms with Crippen LogP contribution in [-0.2, 0) is 11.2 Å². The van der Waals surface area contributed by atoms with Crippen LogP contribution in [0.25, 0.3) is 0 Å². The third-order valence-corrected chi connectivity index (χ3v) is 3.35. The fourth-order valence-electron chi connectivity index (χ4n) is 1.98. The zero-order chi connectivity index (χ0) is 13.2. The molecule has 0 aliphatic heterocycles. The summed E-state index contributed by atoms with van der Waals surface area (Å²) in [5.41, 5.74) is 5.85. The van der Waals surface area contributed by atoms with Crippen molar-refractivity contribution in [3.63, 3.8) is 0 Å². The van der Waals surface area contributed by atoms with Crippen molar-refractivity contribution >= 4 is 5.91 Å². The zero-order valence-corrected chi connectivity index (χ0v) is 10.0. The van der Waals surface area contributed by atoms with E-state index in [9.17, 15) is 13.6 Å². The molecule has 0 saturated heterocycles. The summed E-state index contributed by atoms with van der Waals surface area (Å²) in [5, 5.41) is 2.69. The number of amides is 1. The molecule has 1 amide bonds. The largest absolute Gasteiger partial charge is 0.354 e. The van der Waals surface area contributed by atoms with Gasteiger partial charge in [-0.25, -0.2) is 8.78 Å². The molecule has 0 atom stereocenters. The average molecular weight is 254 g/mol. The van der Waals surface area contributed by atoms with E-state index in [0.717, 1.165) is 31.4 Å². The van der Waals surface area contributed by atoms with Gasteiger partial charge in [0.05, 0.1) is 6.42 Å². The van der Waals surface area contributed by atoms with Crippen LogP contribution in [0, 0.1) is 11.6 Å². The zero-order valence-electron chi connectivity index (χ0n) is 10.0. The maximum atomic E-state index is 13.3. The smallest absolute Gasteiger partial charge is 0.224 e. The van der Waals surface area contributed by atoms with Gasteiger partial charge in [0, 0.05) is 18.2 Å². The number of nitrogens with two attached hydrogens (primary N) is 1. The van der Waals surface area contributed by atoms with Gasteiger partial charge in [0.15, 0.2) is 0 Å². The summed E-state index contributed by atoms with van der Waals surface area (Å²) < 4.78 is 26.0. The van der Waals surface area contributed by atoms with Crippen molar-refractivity contribution in [2.45, 2.75) is 31.2 Å². The first kappa shape index (κ1) is 13.0. The lowest BCUT2D eigenvalue weighted by atomic mass is 9.78. The Labute approximate surface area is 104 Å². The third kappa shape index (κ3) is 3.04. The molecule has 0 heterocycles. The van der Waals surface area contributed by atoms with E-state index in [0.29, 0.717) is 6.54 Å². The first-order valence-electron chi connectivity index (χ1n) is 5.98. The van der Waals surface area contributed by atoms with Crippen molar-refractivity contribution in [1.82, 2.24) is 5.32 Å². The van der Waals surface area contributed by atoms with Gasteiger partial charge in [-0.3, -0.25) is 4.79 Å². The van der Waals surface area contributed by atoms with E-state index >= 15 is 0 Å². The van der Waals surface area contributed by atoms with Gasteiger partial charge in [0.1, 0.15) is 11.6 Å². The number of carbonyl (C=O) groups is 1. The fourth-order valence-corrected chi connectivity index (χ4v) is 1.98. The summed E-state index contributed by atoms with van der Waals surface area (Å²) in [5.74, 6) is -1.64. The Morgan fingerprint density at radius 1 is 1.39 bits per heavy atom. The summed E-state index contributed by atoms with van der Waals surface area (Å²) in [6.07, 6.45) is 2.79. The molecule has 1 fully saturated rings. The number of hydrogen-bond acceptors (Lipinski definition) is 2. The standard InChI is InChI=1S/C13H16F2N2O/c14-10-3-2-9(11(15)7-10)6-12(18)17-8-13(16)4-1-5-13/h2-3,7H,1,4-6,8,16H2,(H,17,18). The minimum atomic E-state index is -0.698. The first-order valence-corrected chi connectivity index (χ1v) is 5.98. The molecule has 18 heavy (non-hydrogen) atoms. The first-order chi connectivity index (χ1) is 8.48. The molecular weight excluding hydrogens is 238 g/mol. The maximum absolute atomic E-state index is 13.3. The molecule has 1 aliphatic rings. The molecule has 3 nitrogen and oxygen atoms in total. The van der Waals surface area contributed by atoms with Crippen LogP contribution in [0.1, 0.15) is 24.8 Å². The Balaban J connectivity index is 1.87. The summed E-state index contributed by atoms with van der Waals surface area (Å²) in [4.78, 5) is 11.6. The Morgan fingerprint density at radius 2 is 2.11 bits per heavy atom. The van der Waals surface area contributed by atoms with Crippen molar-refractivity contribution in [3.8, 4) is 0 Å². The molecule has 0 radical (unpaired) electrons. The number of hydrogen-bond donors (Lipinski definition) is 2. The second kappa shape index (κ2) is 5.02. The van der Waals surface area contributed by atoms with Gasteiger partial charge in [0.25, 0.3) is 0 Å². The number of carbonyl (C=O) groups excluding carboxylic acids is 1. The van der Waals surface area contributed by atoms with Gasteiger partial charge in [0.2, 0.25) is 5.91 Å². The highest BCUT2D eigenvalue weighted by Crippen LogP contribution is 2.28. The molecule has 0 bridgehead atoms. The average Bonchev–Trinajstić information content (AvgIpc) is 2.28. The predicted molar refractivity (Wildman–Crippen MR) is 63.8 cm³/mol. The molecule has 0 spiro atoms. The van der Waals surface area contributed by atoms with Crippen LogP contribution in [-0.4, -0.2) is 18.0 Å². The SMILES string of the molecule is NC1(CNC(=O)Cc2ccc(F)cc2F)CCC1. The van der Waals surface area contributed by atoms with E-state index in [-0.39, 0.29) is 23.4 Å². The third-order valence-electron chi connectivity index (χ3n) is 3.35. The van der Waals surface area contributed by atoms with E-state index in [1.54, 1.807) is 0 Å². The highest BCUT2D eigenvalue weighted by molar-refractivity contribution is 5.78. The Bertz CT molecular complexity index is 458. The van der Waals surface area contributed by atoms with E-state index < -0.39 is 11.6 Å². The van der Waals surface area contributed by atoms with Crippen molar-refractivity contribution in [2.75, 3.05) is 6.54 Å². The minimum Gasteiger partial charge on any atom is -0.354 e. The second-order valence-corrected chi connectivity index (χ2v) is 4.91. The molecule has 98 valence electrons. The molecule has 2 rings (SSSR count). The Morgan fingerprint density at radius 3 is 2.67 bits per heavy atom. The van der Waals surface area contributed by atoms with Gasteiger partial charge in [-0.2, -0.15) is 0 Å². The van der Waals surface area contributed by atoms with Crippen molar-refractivity contribution in [2.24, 2.45) is 5.73 Å². The number of nitrogens with one attached hydrogen (secondary N) is 1. The van der Waals surface area contributed by atoms with Crippen molar-refractivity contribution < 1.29 is 13.6 Å². The van der Waals surface area contributed by atoms with Crippen LogP contribution in [0.2, 0.25) is 0 Å². The molecule has 3 N–H and O–H groups in total. The number of benzene rings is 1. The van der Waals surface area contributed by atoms with Gasteiger partial charge >= 0.3 is 0 Å². The molecule has 1 saturated carbocycles. The Hall–Kier alpha value is -1.49. The minimum absolute atomic E-state index is 0.0950. The Kier molecular flexibility index (Phi) is 3.61. The van der Waals surface area contributed by atoms with E-state index in [4.69, 9.17) is 5.73 Å². The van der Waals surface area contributed by atoms with Gasteiger partial charge in [-0.05, 0) is 30.9 Å². The summed E-state index contributed by atoms with van der Waals surface area (Å²) in [6, 6.07) is 3.20. The van der Waals surface area contributed by atoms with Crippen LogP contribution in [0.4, 0.5) is 8.78 Å². The molecule has 1 aromatic rings. The van der Waals surface area contributed by atoms with Crippen LogP contribution >= 0.6 is 0 Å².